The first-order valence-electron chi connectivity index (χ1n) is 7.07. The van der Waals surface area contributed by atoms with Crippen LogP contribution in [0.5, 0.6) is 0 Å². The molecule has 6 heteroatoms. The molecule has 0 unspecified atom stereocenters. The van der Waals surface area contributed by atoms with E-state index in [1.807, 2.05) is 46.3 Å². The Hall–Kier alpha value is -2.11. The number of carbonyl (C=O) groups is 1. The minimum Gasteiger partial charge on any atom is -0.447 e. The van der Waals surface area contributed by atoms with Gasteiger partial charge in [0.05, 0.1) is 11.7 Å². The number of rotatable bonds is 4. The zero-order valence-electron chi connectivity index (χ0n) is 13.4. The average molecular weight is 290 g/mol. The Balaban J connectivity index is 2.21. The molecular weight excluding hydrogens is 268 g/mol. The molecule has 2 aromatic rings. The molecule has 2 aromatic heterocycles. The van der Waals surface area contributed by atoms with Gasteiger partial charge in [-0.2, -0.15) is 5.10 Å². The van der Waals surface area contributed by atoms with E-state index in [9.17, 15) is 4.79 Å². The summed E-state index contributed by atoms with van der Waals surface area (Å²) in [5.41, 5.74) is 3.37. The number of aryl methyl sites for hydroxylation is 2. The van der Waals surface area contributed by atoms with Gasteiger partial charge in [0.1, 0.15) is 5.76 Å². The third kappa shape index (κ3) is 2.84. The largest absolute Gasteiger partial charge is 0.447 e. The van der Waals surface area contributed by atoms with Gasteiger partial charge >= 0.3 is 0 Å². The standard InChI is InChI=1S/C15H22N4O2/c1-8(2)14-13(16-7-21-14)15(20)17-9(3)12-10(4)18-19(6)11(12)5/h7-9H,1-6H3,(H,17,20)/t9-/m0/s1. The van der Waals surface area contributed by atoms with Gasteiger partial charge in [0.25, 0.3) is 5.91 Å². The molecule has 2 heterocycles. The summed E-state index contributed by atoms with van der Waals surface area (Å²) in [6, 6.07) is -0.136. The molecule has 21 heavy (non-hydrogen) atoms. The molecule has 0 aromatic carbocycles. The van der Waals surface area contributed by atoms with Crippen molar-refractivity contribution in [3.05, 3.63) is 34.8 Å². The molecule has 1 N–H and O–H groups in total. The first-order valence-corrected chi connectivity index (χ1v) is 7.07. The predicted octanol–water partition coefficient (Wildman–Crippen LogP) is 2.64. The van der Waals surface area contributed by atoms with Crippen molar-refractivity contribution in [3.8, 4) is 0 Å². The number of carbonyl (C=O) groups excluding carboxylic acids is 1. The Bertz CT molecular complexity index is 655. The highest BCUT2D eigenvalue weighted by Crippen LogP contribution is 2.22. The lowest BCUT2D eigenvalue weighted by molar-refractivity contribution is 0.0933. The lowest BCUT2D eigenvalue weighted by Crippen LogP contribution is -2.28. The van der Waals surface area contributed by atoms with Crippen LogP contribution in [0.3, 0.4) is 0 Å². The maximum absolute atomic E-state index is 12.4. The predicted molar refractivity (Wildman–Crippen MR) is 79.2 cm³/mol. The Morgan fingerprint density at radius 3 is 2.52 bits per heavy atom. The minimum absolute atomic E-state index is 0.116. The van der Waals surface area contributed by atoms with Crippen molar-refractivity contribution in [1.82, 2.24) is 20.1 Å². The van der Waals surface area contributed by atoms with Gasteiger partial charge in [-0.3, -0.25) is 9.48 Å². The summed E-state index contributed by atoms with van der Waals surface area (Å²) in [5.74, 6) is 0.507. The summed E-state index contributed by atoms with van der Waals surface area (Å²) in [5, 5.41) is 7.35. The van der Waals surface area contributed by atoms with Crippen LogP contribution in [0.15, 0.2) is 10.8 Å². The third-order valence-electron chi connectivity index (χ3n) is 3.68. The van der Waals surface area contributed by atoms with E-state index in [0.29, 0.717) is 11.5 Å². The van der Waals surface area contributed by atoms with Gasteiger partial charge in [0.2, 0.25) is 0 Å². The number of oxazole rings is 1. The number of aromatic nitrogens is 3. The maximum atomic E-state index is 12.4. The highest BCUT2D eigenvalue weighted by atomic mass is 16.3. The number of nitrogens with one attached hydrogen (secondary N) is 1. The average Bonchev–Trinajstić information content (AvgIpc) is 2.95. The molecule has 1 amide bonds. The molecule has 0 radical (unpaired) electrons. The SMILES string of the molecule is Cc1nn(C)c(C)c1[C@H](C)NC(=O)c1ncoc1C(C)C. The molecular formula is C15H22N4O2. The Kier molecular flexibility index (Phi) is 4.16. The Labute approximate surface area is 124 Å². The fraction of sp³-hybridized carbons (Fsp3) is 0.533. The van der Waals surface area contributed by atoms with Crippen molar-refractivity contribution in [3.63, 3.8) is 0 Å². The molecule has 2 rings (SSSR count). The van der Waals surface area contributed by atoms with Crippen molar-refractivity contribution >= 4 is 5.91 Å². The van der Waals surface area contributed by atoms with E-state index >= 15 is 0 Å². The van der Waals surface area contributed by atoms with E-state index in [1.165, 1.54) is 6.39 Å². The van der Waals surface area contributed by atoms with E-state index in [0.717, 1.165) is 17.0 Å². The zero-order valence-corrected chi connectivity index (χ0v) is 13.4. The van der Waals surface area contributed by atoms with Crippen molar-refractivity contribution in [2.45, 2.75) is 46.6 Å². The summed E-state index contributed by atoms with van der Waals surface area (Å²) < 4.78 is 7.12. The topological polar surface area (TPSA) is 73.0 Å². The van der Waals surface area contributed by atoms with E-state index in [1.54, 1.807) is 0 Å². The smallest absolute Gasteiger partial charge is 0.274 e. The summed E-state index contributed by atoms with van der Waals surface area (Å²) in [6.07, 6.45) is 1.31. The van der Waals surface area contributed by atoms with Gasteiger partial charge in [0.15, 0.2) is 12.1 Å². The number of amides is 1. The van der Waals surface area contributed by atoms with Crippen LogP contribution in [-0.2, 0) is 7.05 Å². The molecule has 0 bridgehead atoms. The van der Waals surface area contributed by atoms with E-state index in [-0.39, 0.29) is 17.9 Å². The van der Waals surface area contributed by atoms with Crippen molar-refractivity contribution in [2.75, 3.05) is 0 Å². The second-order valence-electron chi connectivity index (χ2n) is 5.62. The second-order valence-corrected chi connectivity index (χ2v) is 5.62. The molecule has 6 nitrogen and oxygen atoms in total. The lowest BCUT2D eigenvalue weighted by Gasteiger charge is -2.14. The second kappa shape index (κ2) is 5.71. The molecule has 114 valence electrons. The van der Waals surface area contributed by atoms with Crippen LogP contribution in [0.4, 0.5) is 0 Å². The Morgan fingerprint density at radius 2 is 2.00 bits per heavy atom. The quantitative estimate of drug-likeness (QED) is 0.939. The normalized spacial score (nSPS) is 12.7. The van der Waals surface area contributed by atoms with Gasteiger partial charge in [-0.15, -0.1) is 0 Å². The lowest BCUT2D eigenvalue weighted by atomic mass is 10.1. The monoisotopic (exact) mass is 290 g/mol. The third-order valence-corrected chi connectivity index (χ3v) is 3.68. The zero-order chi connectivity index (χ0) is 15.7. The van der Waals surface area contributed by atoms with Crippen molar-refractivity contribution in [1.29, 1.82) is 0 Å². The van der Waals surface area contributed by atoms with E-state index < -0.39 is 0 Å². The van der Waals surface area contributed by atoms with Crippen LogP contribution < -0.4 is 5.32 Å². The molecule has 0 saturated heterocycles. The Morgan fingerprint density at radius 1 is 1.33 bits per heavy atom. The molecule has 0 aliphatic heterocycles. The summed E-state index contributed by atoms with van der Waals surface area (Å²) in [6.45, 7) is 9.82. The summed E-state index contributed by atoms with van der Waals surface area (Å²) >= 11 is 0. The van der Waals surface area contributed by atoms with Crippen LogP contribution in [0, 0.1) is 13.8 Å². The molecule has 0 saturated carbocycles. The van der Waals surface area contributed by atoms with Crippen molar-refractivity contribution in [2.24, 2.45) is 7.05 Å². The highest BCUT2D eigenvalue weighted by Gasteiger charge is 2.23. The van der Waals surface area contributed by atoms with Crippen LogP contribution >= 0.6 is 0 Å². The first kappa shape index (κ1) is 15.3. The van der Waals surface area contributed by atoms with Crippen LogP contribution in [-0.4, -0.2) is 20.7 Å². The van der Waals surface area contributed by atoms with Crippen LogP contribution in [0.1, 0.15) is 65.9 Å². The van der Waals surface area contributed by atoms with Crippen LogP contribution in [0.25, 0.3) is 0 Å². The molecule has 0 aliphatic carbocycles. The highest BCUT2D eigenvalue weighted by molar-refractivity contribution is 5.93. The number of hydrogen-bond acceptors (Lipinski definition) is 4. The van der Waals surface area contributed by atoms with Gasteiger partial charge < -0.3 is 9.73 Å². The van der Waals surface area contributed by atoms with Gasteiger partial charge in [-0.25, -0.2) is 4.98 Å². The first-order chi connectivity index (χ1) is 9.82. The van der Waals surface area contributed by atoms with Crippen molar-refractivity contribution < 1.29 is 9.21 Å². The van der Waals surface area contributed by atoms with Crippen LogP contribution in [0.2, 0.25) is 0 Å². The van der Waals surface area contributed by atoms with E-state index in [4.69, 9.17) is 4.42 Å². The minimum atomic E-state index is -0.220. The number of nitrogens with zero attached hydrogens (tertiary/aromatic N) is 3. The van der Waals surface area contributed by atoms with Gasteiger partial charge in [0, 0.05) is 24.2 Å². The molecule has 1 atom stereocenters. The van der Waals surface area contributed by atoms with E-state index in [2.05, 4.69) is 15.4 Å². The maximum Gasteiger partial charge on any atom is 0.274 e. The fourth-order valence-corrected chi connectivity index (χ4v) is 2.59. The van der Waals surface area contributed by atoms with Gasteiger partial charge in [-0.05, 0) is 20.8 Å². The molecule has 0 aliphatic rings. The van der Waals surface area contributed by atoms with Gasteiger partial charge in [-0.1, -0.05) is 13.8 Å². The number of hydrogen-bond donors (Lipinski definition) is 1. The summed E-state index contributed by atoms with van der Waals surface area (Å²) in [7, 11) is 1.90. The fourth-order valence-electron chi connectivity index (χ4n) is 2.59. The molecule has 0 spiro atoms. The molecule has 0 fully saturated rings. The summed E-state index contributed by atoms with van der Waals surface area (Å²) in [4.78, 5) is 16.4.